The van der Waals surface area contributed by atoms with Crippen LogP contribution < -0.4 is 11.1 Å². The molecule has 1 amide bonds. The van der Waals surface area contributed by atoms with E-state index in [-0.39, 0.29) is 30.7 Å². The first-order valence-electron chi connectivity index (χ1n) is 4.95. The average molecular weight is 289 g/mol. The van der Waals surface area contributed by atoms with E-state index in [9.17, 15) is 9.18 Å². The molecule has 0 saturated carbocycles. The van der Waals surface area contributed by atoms with Crippen LogP contribution in [-0.4, -0.2) is 11.9 Å². The van der Waals surface area contributed by atoms with Crippen molar-refractivity contribution in [2.45, 2.75) is 25.9 Å². The van der Waals surface area contributed by atoms with E-state index in [1.54, 1.807) is 19.1 Å². The Morgan fingerprint density at radius 3 is 2.94 bits per heavy atom. The summed E-state index contributed by atoms with van der Waals surface area (Å²) in [6.07, 6.45) is 0.246. The highest BCUT2D eigenvalue weighted by Crippen LogP contribution is 2.15. The third-order valence-corrected chi connectivity index (χ3v) is 2.48. The molecule has 0 saturated heterocycles. The summed E-state index contributed by atoms with van der Waals surface area (Å²) in [5.74, 6) is -0.501. The van der Waals surface area contributed by atoms with Crippen LogP contribution in [0.25, 0.3) is 0 Å². The van der Waals surface area contributed by atoms with E-state index in [4.69, 9.17) is 5.73 Å². The highest BCUT2D eigenvalue weighted by molar-refractivity contribution is 9.10. The summed E-state index contributed by atoms with van der Waals surface area (Å²) in [6.45, 7) is 1.93. The van der Waals surface area contributed by atoms with Crippen molar-refractivity contribution in [1.29, 1.82) is 0 Å². The van der Waals surface area contributed by atoms with E-state index in [1.165, 1.54) is 6.07 Å². The third kappa shape index (κ3) is 4.28. The highest BCUT2D eigenvalue weighted by Gasteiger charge is 2.07. The maximum atomic E-state index is 13.3. The summed E-state index contributed by atoms with van der Waals surface area (Å²) in [7, 11) is 0. The second kappa shape index (κ2) is 5.96. The van der Waals surface area contributed by atoms with Crippen molar-refractivity contribution in [3.63, 3.8) is 0 Å². The van der Waals surface area contributed by atoms with Crippen LogP contribution in [0, 0.1) is 5.82 Å². The van der Waals surface area contributed by atoms with Gasteiger partial charge in [-0.15, -0.1) is 0 Å². The minimum absolute atomic E-state index is 0.172. The van der Waals surface area contributed by atoms with E-state index < -0.39 is 0 Å². The SMILES string of the molecule is CC(N)CC(=O)NCc1cc(Br)ccc1F. The summed E-state index contributed by atoms with van der Waals surface area (Å²) >= 11 is 3.24. The zero-order valence-corrected chi connectivity index (χ0v) is 10.6. The Morgan fingerprint density at radius 2 is 2.31 bits per heavy atom. The Balaban J connectivity index is 2.54. The third-order valence-electron chi connectivity index (χ3n) is 1.99. The van der Waals surface area contributed by atoms with Crippen molar-refractivity contribution in [2.75, 3.05) is 0 Å². The van der Waals surface area contributed by atoms with Gasteiger partial charge < -0.3 is 11.1 Å². The molecule has 0 spiro atoms. The van der Waals surface area contributed by atoms with Crippen LogP contribution in [0.15, 0.2) is 22.7 Å². The summed E-state index contributed by atoms with van der Waals surface area (Å²) < 4.78 is 14.1. The molecule has 1 aromatic carbocycles. The maximum Gasteiger partial charge on any atom is 0.221 e. The molecule has 88 valence electrons. The van der Waals surface area contributed by atoms with E-state index in [2.05, 4.69) is 21.2 Å². The number of nitrogens with one attached hydrogen (secondary N) is 1. The van der Waals surface area contributed by atoms with Crippen molar-refractivity contribution < 1.29 is 9.18 Å². The average Bonchev–Trinajstić information content (AvgIpc) is 2.18. The molecule has 1 aromatic rings. The molecule has 0 heterocycles. The number of carbonyl (C=O) groups is 1. The number of benzene rings is 1. The fraction of sp³-hybridized carbons (Fsp3) is 0.364. The van der Waals surface area contributed by atoms with E-state index in [0.717, 1.165) is 4.47 Å². The molecular weight excluding hydrogens is 275 g/mol. The minimum atomic E-state index is -0.329. The highest BCUT2D eigenvalue weighted by atomic mass is 79.9. The molecule has 1 unspecified atom stereocenters. The van der Waals surface area contributed by atoms with Crippen LogP contribution in [-0.2, 0) is 11.3 Å². The largest absolute Gasteiger partial charge is 0.352 e. The summed E-state index contributed by atoms with van der Waals surface area (Å²) in [6, 6.07) is 4.42. The van der Waals surface area contributed by atoms with E-state index in [1.807, 2.05) is 0 Å². The van der Waals surface area contributed by atoms with Crippen LogP contribution in [0.4, 0.5) is 4.39 Å². The van der Waals surface area contributed by atoms with Gasteiger partial charge >= 0.3 is 0 Å². The first-order chi connectivity index (χ1) is 7.49. The standard InChI is InChI=1S/C11H14BrFN2O/c1-7(14)4-11(16)15-6-8-5-9(12)2-3-10(8)13/h2-3,5,7H,4,6,14H2,1H3,(H,15,16). The number of carbonyl (C=O) groups excluding carboxylic acids is 1. The monoisotopic (exact) mass is 288 g/mol. The lowest BCUT2D eigenvalue weighted by Gasteiger charge is -2.08. The Kier molecular flexibility index (Phi) is 4.89. The number of halogens is 2. The lowest BCUT2D eigenvalue weighted by Crippen LogP contribution is -2.29. The Morgan fingerprint density at radius 1 is 1.62 bits per heavy atom. The van der Waals surface area contributed by atoms with Crippen molar-refractivity contribution in [3.8, 4) is 0 Å². The van der Waals surface area contributed by atoms with Crippen molar-refractivity contribution >= 4 is 21.8 Å². The van der Waals surface area contributed by atoms with Gasteiger partial charge in [-0.3, -0.25) is 4.79 Å². The summed E-state index contributed by atoms with van der Waals surface area (Å²) in [5.41, 5.74) is 5.93. The molecule has 0 aliphatic heterocycles. The van der Waals surface area contributed by atoms with Crippen LogP contribution in [0.3, 0.4) is 0 Å². The minimum Gasteiger partial charge on any atom is -0.352 e. The van der Waals surface area contributed by atoms with Crippen LogP contribution >= 0.6 is 15.9 Å². The Bertz CT molecular complexity index is 382. The quantitative estimate of drug-likeness (QED) is 0.890. The molecule has 1 atom stereocenters. The summed E-state index contributed by atoms with van der Waals surface area (Å²) in [5, 5.41) is 2.62. The van der Waals surface area contributed by atoms with E-state index >= 15 is 0 Å². The van der Waals surface area contributed by atoms with Crippen LogP contribution in [0.5, 0.6) is 0 Å². The van der Waals surface area contributed by atoms with Gasteiger partial charge in [0, 0.05) is 29.0 Å². The lowest BCUT2D eigenvalue weighted by molar-refractivity contribution is -0.121. The second-order valence-electron chi connectivity index (χ2n) is 3.69. The molecule has 0 aliphatic carbocycles. The second-order valence-corrected chi connectivity index (χ2v) is 4.61. The van der Waals surface area contributed by atoms with Crippen molar-refractivity contribution in [1.82, 2.24) is 5.32 Å². The molecule has 0 radical (unpaired) electrons. The molecule has 1 rings (SSSR count). The Labute approximate surface area is 102 Å². The zero-order chi connectivity index (χ0) is 12.1. The number of hydrogen-bond acceptors (Lipinski definition) is 2. The molecule has 5 heteroatoms. The van der Waals surface area contributed by atoms with Gasteiger partial charge in [0.2, 0.25) is 5.91 Å². The first-order valence-corrected chi connectivity index (χ1v) is 5.74. The van der Waals surface area contributed by atoms with Gasteiger partial charge in [0.05, 0.1) is 0 Å². The van der Waals surface area contributed by atoms with Gasteiger partial charge in [-0.25, -0.2) is 4.39 Å². The van der Waals surface area contributed by atoms with Gasteiger partial charge in [-0.2, -0.15) is 0 Å². The van der Waals surface area contributed by atoms with Gasteiger partial charge in [-0.05, 0) is 25.1 Å². The number of nitrogens with two attached hydrogens (primary N) is 1. The van der Waals surface area contributed by atoms with Crippen LogP contribution in [0.2, 0.25) is 0 Å². The zero-order valence-electron chi connectivity index (χ0n) is 8.97. The molecule has 0 aromatic heterocycles. The molecule has 16 heavy (non-hydrogen) atoms. The predicted octanol–water partition coefficient (Wildman–Crippen LogP) is 1.94. The smallest absolute Gasteiger partial charge is 0.221 e. The van der Waals surface area contributed by atoms with Gasteiger partial charge in [0.15, 0.2) is 0 Å². The Hall–Kier alpha value is -0.940. The fourth-order valence-corrected chi connectivity index (χ4v) is 1.65. The molecular formula is C11H14BrFN2O. The van der Waals surface area contributed by atoms with Crippen molar-refractivity contribution in [3.05, 3.63) is 34.1 Å². The molecule has 0 aliphatic rings. The number of hydrogen-bond donors (Lipinski definition) is 2. The topological polar surface area (TPSA) is 55.1 Å². The number of rotatable bonds is 4. The van der Waals surface area contributed by atoms with Gasteiger partial charge in [0.25, 0.3) is 0 Å². The van der Waals surface area contributed by atoms with Gasteiger partial charge in [-0.1, -0.05) is 15.9 Å². The van der Waals surface area contributed by atoms with Gasteiger partial charge in [0.1, 0.15) is 5.82 Å². The summed E-state index contributed by atoms with van der Waals surface area (Å²) in [4.78, 5) is 11.3. The lowest BCUT2D eigenvalue weighted by atomic mass is 10.2. The molecule has 3 N–H and O–H groups in total. The predicted molar refractivity (Wildman–Crippen MR) is 64.2 cm³/mol. The normalized spacial score (nSPS) is 12.2. The van der Waals surface area contributed by atoms with E-state index in [0.29, 0.717) is 5.56 Å². The van der Waals surface area contributed by atoms with Crippen molar-refractivity contribution in [2.24, 2.45) is 5.73 Å². The molecule has 3 nitrogen and oxygen atoms in total. The maximum absolute atomic E-state index is 13.3. The fourth-order valence-electron chi connectivity index (χ4n) is 1.24. The first kappa shape index (κ1) is 13.1. The molecule has 0 bridgehead atoms. The number of amides is 1. The van der Waals surface area contributed by atoms with Crippen LogP contribution in [0.1, 0.15) is 18.9 Å². The molecule has 0 fully saturated rings.